The first kappa shape index (κ1) is 11.7. The summed E-state index contributed by atoms with van der Waals surface area (Å²) in [7, 11) is 0. The first-order valence-electron chi connectivity index (χ1n) is 4.16. The van der Waals surface area contributed by atoms with Gasteiger partial charge in [0.15, 0.2) is 0 Å². The molecule has 1 rings (SSSR count). The first-order chi connectivity index (χ1) is 6.69. The average Bonchev–Trinajstić information content (AvgIpc) is 2.18. The molecule has 0 unspecified atom stereocenters. The molecule has 0 bridgehead atoms. The predicted molar refractivity (Wildman–Crippen MR) is 62.2 cm³/mol. The zero-order valence-corrected chi connectivity index (χ0v) is 10.0. The summed E-state index contributed by atoms with van der Waals surface area (Å²) in [6, 6.07) is 5.74. The lowest BCUT2D eigenvalue weighted by molar-refractivity contribution is 1.13. The van der Waals surface area contributed by atoms with Crippen LogP contribution in [-0.4, -0.2) is 5.75 Å². The summed E-state index contributed by atoms with van der Waals surface area (Å²) in [5.74, 6) is 0.390. The van der Waals surface area contributed by atoms with Crippen molar-refractivity contribution in [3.63, 3.8) is 0 Å². The van der Waals surface area contributed by atoms with Crippen molar-refractivity contribution in [1.29, 1.82) is 5.26 Å². The van der Waals surface area contributed by atoms with Crippen LogP contribution in [0, 0.1) is 11.3 Å². The molecule has 74 valence electrons. The monoisotopic (exact) mass is 245 g/mol. The van der Waals surface area contributed by atoms with Crippen molar-refractivity contribution in [3.05, 3.63) is 27.7 Å². The Morgan fingerprint density at radius 2 is 2.07 bits per heavy atom. The Morgan fingerprint density at radius 3 is 2.64 bits per heavy atom. The normalized spacial score (nSPS) is 9.86. The van der Waals surface area contributed by atoms with Crippen LogP contribution in [0.2, 0.25) is 10.0 Å². The van der Waals surface area contributed by atoms with Gasteiger partial charge in [0.1, 0.15) is 0 Å². The first-order valence-corrected chi connectivity index (χ1v) is 5.90. The van der Waals surface area contributed by atoms with E-state index in [2.05, 4.69) is 6.07 Å². The van der Waals surface area contributed by atoms with Crippen LogP contribution in [-0.2, 0) is 6.42 Å². The van der Waals surface area contributed by atoms with Gasteiger partial charge in [-0.3, -0.25) is 0 Å². The quantitative estimate of drug-likeness (QED) is 0.747. The highest BCUT2D eigenvalue weighted by atomic mass is 35.5. The van der Waals surface area contributed by atoms with Gasteiger partial charge < -0.3 is 0 Å². The predicted octanol–water partition coefficient (Wildman–Crippen LogP) is 4.17. The van der Waals surface area contributed by atoms with Crippen LogP contribution in [0.5, 0.6) is 0 Å². The minimum atomic E-state index is 0.390. The zero-order valence-electron chi connectivity index (χ0n) is 7.68. The number of hydrogen-bond acceptors (Lipinski definition) is 2. The Bertz CT molecular complexity index is 371. The van der Waals surface area contributed by atoms with E-state index in [0.717, 1.165) is 21.9 Å². The molecular weight excluding hydrogens is 237 g/mol. The molecule has 0 amide bonds. The Labute approximate surface area is 98.0 Å². The van der Waals surface area contributed by atoms with E-state index in [-0.39, 0.29) is 0 Å². The Hall–Kier alpha value is -0.360. The number of aryl methyl sites for hydroxylation is 1. The van der Waals surface area contributed by atoms with Gasteiger partial charge in [-0.05, 0) is 24.1 Å². The summed E-state index contributed by atoms with van der Waals surface area (Å²) < 4.78 is 0. The van der Waals surface area contributed by atoms with Crippen molar-refractivity contribution in [2.45, 2.75) is 18.2 Å². The van der Waals surface area contributed by atoms with Gasteiger partial charge in [-0.1, -0.05) is 30.1 Å². The van der Waals surface area contributed by atoms with Gasteiger partial charge in [-0.2, -0.15) is 5.26 Å². The van der Waals surface area contributed by atoms with E-state index in [4.69, 9.17) is 28.5 Å². The minimum Gasteiger partial charge on any atom is -0.197 e. The van der Waals surface area contributed by atoms with E-state index < -0.39 is 0 Å². The summed E-state index contributed by atoms with van der Waals surface area (Å²) in [4.78, 5) is 0.871. The van der Waals surface area contributed by atoms with Crippen LogP contribution in [0.4, 0.5) is 0 Å². The second-order valence-electron chi connectivity index (χ2n) is 2.67. The fraction of sp³-hybridized carbons (Fsp3) is 0.300. The standard InChI is InChI=1S/C10H9Cl2NS/c1-2-7-5-9(12)10(6-8(7)11)14-4-3-13/h5-6H,2,4H2,1H3. The topological polar surface area (TPSA) is 23.8 Å². The number of nitrogens with zero attached hydrogens (tertiary/aromatic N) is 1. The molecule has 0 spiro atoms. The molecule has 0 aromatic heterocycles. The molecule has 0 saturated heterocycles. The third kappa shape index (κ3) is 2.81. The van der Waals surface area contributed by atoms with Gasteiger partial charge in [0, 0.05) is 9.92 Å². The van der Waals surface area contributed by atoms with Crippen molar-refractivity contribution in [1.82, 2.24) is 0 Å². The molecular formula is C10H9Cl2NS. The van der Waals surface area contributed by atoms with Crippen LogP contribution >= 0.6 is 35.0 Å². The molecule has 4 heteroatoms. The minimum absolute atomic E-state index is 0.390. The van der Waals surface area contributed by atoms with Gasteiger partial charge in [0.05, 0.1) is 16.8 Å². The smallest absolute Gasteiger partial charge is 0.0855 e. The summed E-state index contributed by atoms with van der Waals surface area (Å²) >= 11 is 13.5. The highest BCUT2D eigenvalue weighted by molar-refractivity contribution is 7.99. The van der Waals surface area contributed by atoms with Gasteiger partial charge in [-0.15, -0.1) is 11.8 Å². The number of nitriles is 1. The highest BCUT2D eigenvalue weighted by Gasteiger charge is 2.06. The molecule has 0 radical (unpaired) electrons. The van der Waals surface area contributed by atoms with Gasteiger partial charge in [-0.25, -0.2) is 0 Å². The number of halogens is 2. The molecule has 1 aromatic carbocycles. The van der Waals surface area contributed by atoms with Gasteiger partial charge in [0.25, 0.3) is 0 Å². The molecule has 0 fully saturated rings. The highest BCUT2D eigenvalue weighted by Crippen LogP contribution is 2.32. The molecule has 0 saturated carbocycles. The molecule has 0 aliphatic rings. The van der Waals surface area contributed by atoms with E-state index in [1.807, 2.05) is 19.1 Å². The summed E-state index contributed by atoms with van der Waals surface area (Å²) in [5, 5.41) is 9.83. The number of rotatable bonds is 3. The fourth-order valence-electron chi connectivity index (χ4n) is 1.06. The third-order valence-corrected chi connectivity index (χ3v) is 3.47. The Balaban J connectivity index is 2.97. The van der Waals surface area contributed by atoms with E-state index in [0.29, 0.717) is 10.8 Å². The van der Waals surface area contributed by atoms with Gasteiger partial charge in [0.2, 0.25) is 0 Å². The average molecular weight is 246 g/mol. The van der Waals surface area contributed by atoms with Crippen molar-refractivity contribution >= 4 is 35.0 Å². The molecule has 14 heavy (non-hydrogen) atoms. The van der Waals surface area contributed by atoms with Crippen molar-refractivity contribution < 1.29 is 0 Å². The van der Waals surface area contributed by atoms with Crippen molar-refractivity contribution in [3.8, 4) is 6.07 Å². The lowest BCUT2D eigenvalue weighted by Gasteiger charge is -2.06. The summed E-state index contributed by atoms with van der Waals surface area (Å²) in [6.45, 7) is 2.03. The van der Waals surface area contributed by atoms with Crippen LogP contribution in [0.3, 0.4) is 0 Å². The van der Waals surface area contributed by atoms with Crippen molar-refractivity contribution in [2.24, 2.45) is 0 Å². The zero-order chi connectivity index (χ0) is 10.6. The third-order valence-electron chi connectivity index (χ3n) is 1.77. The second-order valence-corrected chi connectivity index (χ2v) is 4.51. The number of hydrogen-bond donors (Lipinski definition) is 0. The van der Waals surface area contributed by atoms with E-state index in [1.54, 1.807) is 0 Å². The second kappa shape index (κ2) is 5.50. The molecule has 1 nitrogen and oxygen atoms in total. The fourth-order valence-corrected chi connectivity index (χ4v) is 2.39. The lowest BCUT2D eigenvalue weighted by atomic mass is 10.2. The van der Waals surface area contributed by atoms with Gasteiger partial charge >= 0.3 is 0 Å². The Morgan fingerprint density at radius 1 is 1.36 bits per heavy atom. The number of thioether (sulfide) groups is 1. The largest absolute Gasteiger partial charge is 0.197 e. The maximum atomic E-state index is 8.44. The summed E-state index contributed by atoms with van der Waals surface area (Å²) in [5.41, 5.74) is 1.04. The van der Waals surface area contributed by atoms with Crippen LogP contribution in [0.1, 0.15) is 12.5 Å². The maximum absolute atomic E-state index is 8.44. The van der Waals surface area contributed by atoms with E-state index in [1.165, 1.54) is 11.8 Å². The molecule has 1 aromatic rings. The molecule has 0 atom stereocenters. The van der Waals surface area contributed by atoms with Crippen LogP contribution < -0.4 is 0 Å². The molecule has 0 N–H and O–H groups in total. The van der Waals surface area contributed by atoms with E-state index >= 15 is 0 Å². The SMILES string of the molecule is CCc1cc(Cl)c(SCC#N)cc1Cl. The van der Waals surface area contributed by atoms with E-state index in [9.17, 15) is 0 Å². The molecule has 0 aliphatic heterocycles. The van der Waals surface area contributed by atoms with Crippen LogP contribution in [0.15, 0.2) is 17.0 Å². The maximum Gasteiger partial charge on any atom is 0.0855 e. The van der Waals surface area contributed by atoms with Crippen molar-refractivity contribution in [2.75, 3.05) is 5.75 Å². The lowest BCUT2D eigenvalue weighted by Crippen LogP contribution is -1.85. The number of benzene rings is 1. The summed E-state index contributed by atoms with van der Waals surface area (Å²) in [6.07, 6.45) is 0.863. The van der Waals surface area contributed by atoms with Crippen LogP contribution in [0.25, 0.3) is 0 Å². The molecule has 0 heterocycles. The molecule has 0 aliphatic carbocycles. The Kier molecular flexibility index (Phi) is 4.60.